The Morgan fingerprint density at radius 2 is 1.56 bits per heavy atom. The van der Waals surface area contributed by atoms with Gasteiger partial charge in [0.05, 0.1) is 5.92 Å². The molecular formula is C22H26N2O. The van der Waals surface area contributed by atoms with E-state index in [4.69, 9.17) is 0 Å². The average Bonchev–Trinajstić information content (AvgIpc) is 2.89. The molecule has 0 unspecified atom stereocenters. The van der Waals surface area contributed by atoms with Gasteiger partial charge >= 0.3 is 0 Å². The molecule has 130 valence electrons. The summed E-state index contributed by atoms with van der Waals surface area (Å²) in [5.74, 6) is 0.320. The number of piperidine rings is 1. The number of carbonyl (C=O) groups excluding carboxylic acids is 1. The Kier molecular flexibility index (Phi) is 4.34. The molecule has 0 bridgehead atoms. The van der Waals surface area contributed by atoms with E-state index in [9.17, 15) is 4.79 Å². The molecule has 0 aromatic heterocycles. The van der Waals surface area contributed by atoms with E-state index in [1.54, 1.807) is 0 Å². The van der Waals surface area contributed by atoms with Crippen molar-refractivity contribution in [2.45, 2.75) is 25.3 Å². The second kappa shape index (κ2) is 6.64. The molecule has 1 spiro atoms. The standard InChI is InChI=1S/C22H26N2O/c1-23-17-22(20(21(23)25)19-10-6-3-7-11-19)12-14-24(15-13-22)16-18-8-4-2-5-9-18/h2-11,20H,12-17H2,1H3/t20-/m0/s1. The van der Waals surface area contributed by atoms with E-state index >= 15 is 0 Å². The number of likely N-dealkylation sites (tertiary alicyclic amines) is 2. The molecule has 0 radical (unpaired) electrons. The maximum Gasteiger partial charge on any atom is 0.230 e. The second-order valence-electron chi connectivity index (χ2n) is 7.66. The third-order valence-electron chi connectivity index (χ3n) is 6.02. The zero-order valence-electron chi connectivity index (χ0n) is 14.9. The van der Waals surface area contributed by atoms with Gasteiger partial charge in [0.25, 0.3) is 0 Å². The molecule has 2 saturated heterocycles. The van der Waals surface area contributed by atoms with Crippen molar-refractivity contribution in [2.24, 2.45) is 5.41 Å². The van der Waals surface area contributed by atoms with Gasteiger partial charge in [-0.05, 0) is 37.1 Å². The molecule has 2 aromatic rings. The number of nitrogens with zero attached hydrogens (tertiary/aromatic N) is 2. The molecule has 2 heterocycles. The minimum absolute atomic E-state index is 0.0255. The van der Waals surface area contributed by atoms with Gasteiger partial charge in [-0.1, -0.05) is 60.7 Å². The SMILES string of the molecule is CN1CC2(CCN(Cc3ccccc3)CC2)[C@@H](c2ccccc2)C1=O. The van der Waals surface area contributed by atoms with Gasteiger partial charge in [0.15, 0.2) is 0 Å². The van der Waals surface area contributed by atoms with Crippen LogP contribution in [0.3, 0.4) is 0 Å². The number of rotatable bonds is 3. The Balaban J connectivity index is 1.51. The first-order valence-corrected chi connectivity index (χ1v) is 9.24. The van der Waals surface area contributed by atoms with Crippen molar-refractivity contribution in [1.29, 1.82) is 0 Å². The number of amides is 1. The van der Waals surface area contributed by atoms with Crippen LogP contribution in [0.1, 0.15) is 29.9 Å². The molecule has 1 amide bonds. The van der Waals surface area contributed by atoms with Gasteiger partial charge in [0.2, 0.25) is 5.91 Å². The van der Waals surface area contributed by atoms with Crippen molar-refractivity contribution < 1.29 is 4.79 Å². The number of likely N-dealkylation sites (N-methyl/N-ethyl adjacent to an activating group) is 1. The third kappa shape index (κ3) is 3.09. The van der Waals surface area contributed by atoms with Crippen LogP contribution in [0.15, 0.2) is 60.7 Å². The van der Waals surface area contributed by atoms with Gasteiger partial charge in [0, 0.05) is 25.6 Å². The van der Waals surface area contributed by atoms with Crippen LogP contribution in [0, 0.1) is 5.41 Å². The first kappa shape index (κ1) is 16.3. The normalized spacial score (nSPS) is 23.3. The summed E-state index contributed by atoms with van der Waals surface area (Å²) >= 11 is 0. The highest BCUT2D eigenvalue weighted by Crippen LogP contribution is 2.50. The lowest BCUT2D eigenvalue weighted by Gasteiger charge is -2.42. The Bertz CT molecular complexity index is 720. The number of hydrogen-bond acceptors (Lipinski definition) is 2. The van der Waals surface area contributed by atoms with Crippen molar-refractivity contribution in [3.8, 4) is 0 Å². The molecule has 2 aliphatic heterocycles. The fraction of sp³-hybridized carbons (Fsp3) is 0.409. The maximum atomic E-state index is 12.9. The molecule has 4 rings (SSSR count). The Hall–Kier alpha value is -2.13. The molecule has 25 heavy (non-hydrogen) atoms. The summed E-state index contributed by atoms with van der Waals surface area (Å²) in [5, 5.41) is 0. The van der Waals surface area contributed by atoms with Crippen molar-refractivity contribution in [2.75, 3.05) is 26.7 Å². The van der Waals surface area contributed by atoms with Crippen molar-refractivity contribution in [3.05, 3.63) is 71.8 Å². The van der Waals surface area contributed by atoms with Crippen LogP contribution in [0.2, 0.25) is 0 Å². The zero-order chi connectivity index (χ0) is 17.3. The van der Waals surface area contributed by atoms with Gasteiger partial charge in [-0.2, -0.15) is 0 Å². The fourth-order valence-corrected chi connectivity index (χ4v) is 4.71. The first-order chi connectivity index (χ1) is 12.2. The van der Waals surface area contributed by atoms with E-state index in [-0.39, 0.29) is 11.3 Å². The summed E-state index contributed by atoms with van der Waals surface area (Å²) in [6, 6.07) is 21.1. The minimum Gasteiger partial charge on any atom is -0.345 e. The van der Waals surface area contributed by atoms with E-state index < -0.39 is 0 Å². The zero-order valence-corrected chi connectivity index (χ0v) is 14.9. The summed E-state index contributed by atoms with van der Waals surface area (Å²) < 4.78 is 0. The largest absolute Gasteiger partial charge is 0.345 e. The molecule has 3 heteroatoms. The predicted octanol–water partition coefficient (Wildman–Crippen LogP) is 3.52. The number of carbonyl (C=O) groups is 1. The van der Waals surface area contributed by atoms with Gasteiger partial charge in [-0.3, -0.25) is 9.69 Å². The van der Waals surface area contributed by atoms with E-state index in [0.717, 1.165) is 39.0 Å². The molecule has 2 fully saturated rings. The smallest absolute Gasteiger partial charge is 0.230 e. The average molecular weight is 334 g/mol. The fourth-order valence-electron chi connectivity index (χ4n) is 4.71. The third-order valence-corrected chi connectivity index (χ3v) is 6.02. The van der Waals surface area contributed by atoms with Gasteiger partial charge < -0.3 is 4.90 Å². The number of benzene rings is 2. The van der Waals surface area contributed by atoms with Crippen LogP contribution in [0.25, 0.3) is 0 Å². The molecule has 3 nitrogen and oxygen atoms in total. The summed E-state index contributed by atoms with van der Waals surface area (Å²) in [6.45, 7) is 4.04. The Labute approximate surface area is 150 Å². The van der Waals surface area contributed by atoms with Crippen LogP contribution in [0.5, 0.6) is 0 Å². The lowest BCUT2D eigenvalue weighted by Crippen LogP contribution is -2.43. The Morgan fingerprint density at radius 1 is 0.960 bits per heavy atom. The van der Waals surface area contributed by atoms with E-state index in [2.05, 4.69) is 59.5 Å². The molecule has 2 aliphatic rings. The first-order valence-electron chi connectivity index (χ1n) is 9.24. The van der Waals surface area contributed by atoms with Crippen molar-refractivity contribution >= 4 is 5.91 Å². The molecule has 0 N–H and O–H groups in total. The van der Waals surface area contributed by atoms with Gasteiger partial charge in [0.1, 0.15) is 0 Å². The van der Waals surface area contributed by atoms with Crippen LogP contribution in [0.4, 0.5) is 0 Å². The lowest BCUT2D eigenvalue weighted by molar-refractivity contribution is -0.128. The number of hydrogen-bond donors (Lipinski definition) is 0. The quantitative estimate of drug-likeness (QED) is 0.857. The highest BCUT2D eigenvalue weighted by Gasteiger charge is 2.52. The van der Waals surface area contributed by atoms with E-state index in [1.165, 1.54) is 11.1 Å². The van der Waals surface area contributed by atoms with Crippen molar-refractivity contribution in [1.82, 2.24) is 9.80 Å². The highest BCUT2D eigenvalue weighted by molar-refractivity contribution is 5.87. The summed E-state index contributed by atoms with van der Waals surface area (Å²) in [7, 11) is 1.96. The summed E-state index contributed by atoms with van der Waals surface area (Å²) in [4.78, 5) is 17.3. The molecule has 1 atom stereocenters. The minimum atomic E-state index is 0.0255. The van der Waals surface area contributed by atoms with Crippen LogP contribution in [-0.2, 0) is 11.3 Å². The molecular weight excluding hydrogens is 308 g/mol. The summed E-state index contributed by atoms with van der Waals surface area (Å²) in [6.07, 6.45) is 2.19. The lowest BCUT2D eigenvalue weighted by atomic mass is 9.68. The van der Waals surface area contributed by atoms with Crippen LogP contribution in [-0.4, -0.2) is 42.4 Å². The monoisotopic (exact) mass is 334 g/mol. The molecule has 0 aliphatic carbocycles. The van der Waals surface area contributed by atoms with E-state index in [0.29, 0.717) is 5.91 Å². The second-order valence-corrected chi connectivity index (χ2v) is 7.66. The Morgan fingerprint density at radius 3 is 2.20 bits per heavy atom. The molecule has 2 aromatic carbocycles. The van der Waals surface area contributed by atoms with Gasteiger partial charge in [-0.25, -0.2) is 0 Å². The van der Waals surface area contributed by atoms with Crippen molar-refractivity contribution in [3.63, 3.8) is 0 Å². The van der Waals surface area contributed by atoms with Crippen LogP contribution >= 0.6 is 0 Å². The molecule has 0 saturated carbocycles. The van der Waals surface area contributed by atoms with E-state index in [1.807, 2.05) is 18.0 Å². The van der Waals surface area contributed by atoms with Gasteiger partial charge in [-0.15, -0.1) is 0 Å². The predicted molar refractivity (Wildman–Crippen MR) is 100 cm³/mol. The van der Waals surface area contributed by atoms with Crippen LogP contribution < -0.4 is 0 Å². The highest BCUT2D eigenvalue weighted by atomic mass is 16.2. The summed E-state index contributed by atoms with van der Waals surface area (Å²) in [5.41, 5.74) is 2.66. The topological polar surface area (TPSA) is 23.6 Å². The maximum absolute atomic E-state index is 12.9.